The second-order valence-electron chi connectivity index (χ2n) is 9.76. The smallest absolute Gasteiger partial charge is 0.305 e. The fourth-order valence-corrected chi connectivity index (χ4v) is 3.76. The van der Waals surface area contributed by atoms with Crippen LogP contribution in [0.1, 0.15) is 44.7 Å². The molecule has 7 atom stereocenters. The summed E-state index contributed by atoms with van der Waals surface area (Å²) >= 11 is 0. The van der Waals surface area contributed by atoms with Crippen LogP contribution in [-0.2, 0) is 24.0 Å². The number of hydrogen-bond donors (Lipinski definition) is 10. The highest BCUT2D eigenvalue weighted by atomic mass is 16.4. The van der Waals surface area contributed by atoms with E-state index < -0.39 is 91.5 Å². The van der Waals surface area contributed by atoms with Crippen molar-refractivity contribution in [1.82, 2.24) is 16.0 Å². The Bertz CT molecular complexity index is 1010. The van der Waals surface area contributed by atoms with Gasteiger partial charge in [-0.25, -0.2) is 0 Å². The molecule has 0 radical (unpaired) electrons. The lowest BCUT2D eigenvalue weighted by atomic mass is 9.98. The van der Waals surface area contributed by atoms with Gasteiger partial charge < -0.3 is 53.0 Å². The van der Waals surface area contributed by atoms with Gasteiger partial charge in [0.1, 0.15) is 18.2 Å². The number of benzene rings is 1. The number of rotatable bonds is 17. The molecular formula is C25H39N5O10. The van der Waals surface area contributed by atoms with Gasteiger partial charge in [0.05, 0.1) is 37.6 Å². The standard InChI is InChI=1S/C25H39N5O10/c1-12(2)8-16(29-23(38)14(26)9-18(27)32)24(39)30-17(11-31)20(35)21(36)22(37)25(40)28-15(10-19(33)34)13-6-4-3-5-7-13/h3-7,12,14-17,20-22,31,35-37H,8-11,26H2,1-2H3,(H2,27,32)(H,28,40)(H,29,38)(H,30,39)(H,33,34)/t14-,15-,16-,17-,20+,21+,22-/m0/s1. The first-order valence-electron chi connectivity index (χ1n) is 12.5. The normalized spacial score (nSPS) is 16.5. The minimum absolute atomic E-state index is 0.0904. The third-order valence-electron chi connectivity index (χ3n) is 5.87. The topological polar surface area (TPSA) is 275 Å². The number of primary amides is 1. The van der Waals surface area contributed by atoms with Gasteiger partial charge in [-0.15, -0.1) is 0 Å². The molecule has 0 bridgehead atoms. The molecule has 0 aliphatic rings. The van der Waals surface area contributed by atoms with Gasteiger partial charge in [-0.3, -0.25) is 24.0 Å². The van der Waals surface area contributed by atoms with Crippen LogP contribution in [0.25, 0.3) is 0 Å². The van der Waals surface area contributed by atoms with Gasteiger partial charge in [0.2, 0.25) is 17.7 Å². The van der Waals surface area contributed by atoms with E-state index in [4.69, 9.17) is 11.5 Å². The maximum atomic E-state index is 12.9. The molecule has 40 heavy (non-hydrogen) atoms. The molecule has 4 amide bonds. The van der Waals surface area contributed by atoms with E-state index >= 15 is 0 Å². The summed E-state index contributed by atoms with van der Waals surface area (Å²) in [6, 6.07) is 2.79. The second-order valence-corrected chi connectivity index (χ2v) is 9.76. The first-order chi connectivity index (χ1) is 18.7. The molecule has 0 spiro atoms. The van der Waals surface area contributed by atoms with E-state index in [1.165, 1.54) is 0 Å². The highest BCUT2D eigenvalue weighted by molar-refractivity contribution is 5.92. The number of nitrogens with two attached hydrogens (primary N) is 2. The number of hydrogen-bond acceptors (Lipinski definition) is 10. The predicted octanol–water partition coefficient (Wildman–Crippen LogP) is -3.39. The van der Waals surface area contributed by atoms with E-state index in [2.05, 4.69) is 16.0 Å². The largest absolute Gasteiger partial charge is 0.481 e. The van der Waals surface area contributed by atoms with E-state index in [0.29, 0.717) is 5.56 Å². The highest BCUT2D eigenvalue weighted by Crippen LogP contribution is 2.18. The number of carboxylic acid groups (broad SMARTS) is 1. The van der Waals surface area contributed by atoms with Crippen LogP contribution in [0.3, 0.4) is 0 Å². The van der Waals surface area contributed by atoms with Crippen molar-refractivity contribution >= 4 is 29.6 Å². The summed E-state index contributed by atoms with van der Waals surface area (Å²) in [5, 5.41) is 57.2. The Labute approximate surface area is 230 Å². The number of carbonyl (C=O) groups is 5. The molecule has 12 N–H and O–H groups in total. The van der Waals surface area contributed by atoms with Crippen molar-refractivity contribution in [1.29, 1.82) is 0 Å². The number of aliphatic hydroxyl groups is 4. The summed E-state index contributed by atoms with van der Waals surface area (Å²) in [5.41, 5.74) is 11.1. The van der Waals surface area contributed by atoms with Crippen molar-refractivity contribution in [2.75, 3.05) is 6.61 Å². The highest BCUT2D eigenvalue weighted by Gasteiger charge is 2.37. The third-order valence-corrected chi connectivity index (χ3v) is 5.87. The molecule has 1 aromatic rings. The summed E-state index contributed by atoms with van der Waals surface area (Å²) in [7, 11) is 0. The Morgan fingerprint density at radius 1 is 0.850 bits per heavy atom. The summed E-state index contributed by atoms with van der Waals surface area (Å²) in [6.45, 7) is 2.56. The van der Waals surface area contributed by atoms with Gasteiger partial charge in [-0.1, -0.05) is 44.2 Å². The molecular weight excluding hydrogens is 530 g/mol. The lowest BCUT2D eigenvalue weighted by molar-refractivity contribution is -0.145. The summed E-state index contributed by atoms with van der Waals surface area (Å²) < 4.78 is 0. The van der Waals surface area contributed by atoms with Crippen LogP contribution in [0, 0.1) is 5.92 Å². The number of aliphatic hydroxyl groups excluding tert-OH is 4. The monoisotopic (exact) mass is 569 g/mol. The fourth-order valence-electron chi connectivity index (χ4n) is 3.76. The number of nitrogens with one attached hydrogen (secondary N) is 3. The van der Waals surface area contributed by atoms with Crippen molar-refractivity contribution in [3.8, 4) is 0 Å². The lowest BCUT2D eigenvalue weighted by Crippen LogP contribution is -2.60. The molecule has 0 aliphatic heterocycles. The number of amides is 4. The maximum absolute atomic E-state index is 12.9. The molecule has 224 valence electrons. The van der Waals surface area contributed by atoms with Crippen LogP contribution in [0.5, 0.6) is 0 Å². The average molecular weight is 570 g/mol. The van der Waals surface area contributed by atoms with Gasteiger partial charge in [0.15, 0.2) is 6.10 Å². The van der Waals surface area contributed by atoms with E-state index in [1.807, 2.05) is 0 Å². The molecule has 0 aromatic heterocycles. The van der Waals surface area contributed by atoms with E-state index in [1.54, 1.807) is 44.2 Å². The summed E-state index contributed by atoms with van der Waals surface area (Å²) in [4.78, 5) is 60.1. The zero-order valence-corrected chi connectivity index (χ0v) is 22.3. The number of aliphatic carboxylic acids is 1. The van der Waals surface area contributed by atoms with Gasteiger partial charge in [0, 0.05) is 0 Å². The Hall–Kier alpha value is -3.63. The maximum Gasteiger partial charge on any atom is 0.305 e. The van der Waals surface area contributed by atoms with Crippen LogP contribution in [-0.4, -0.2) is 98.2 Å². The molecule has 0 unspecified atom stereocenters. The van der Waals surface area contributed by atoms with Crippen LogP contribution < -0.4 is 27.4 Å². The van der Waals surface area contributed by atoms with Crippen molar-refractivity contribution < 1.29 is 49.5 Å². The van der Waals surface area contributed by atoms with Crippen molar-refractivity contribution in [2.24, 2.45) is 17.4 Å². The first kappa shape index (κ1) is 34.4. The second kappa shape index (κ2) is 16.5. The van der Waals surface area contributed by atoms with Crippen LogP contribution in [0.2, 0.25) is 0 Å². The van der Waals surface area contributed by atoms with E-state index in [9.17, 15) is 49.5 Å². The number of carbonyl (C=O) groups excluding carboxylic acids is 4. The minimum atomic E-state index is -2.28. The zero-order valence-electron chi connectivity index (χ0n) is 22.3. The SMILES string of the molecule is CC(C)C[C@H](NC(=O)[C@@H](N)CC(N)=O)C(=O)N[C@@H](CO)[C@@H](O)[C@@H](O)[C@H](O)C(=O)N[C@@H](CC(=O)O)c1ccccc1. The minimum Gasteiger partial charge on any atom is -0.481 e. The molecule has 15 nitrogen and oxygen atoms in total. The lowest BCUT2D eigenvalue weighted by Gasteiger charge is -2.31. The van der Waals surface area contributed by atoms with Crippen LogP contribution in [0.4, 0.5) is 0 Å². The van der Waals surface area contributed by atoms with E-state index in [0.717, 1.165) is 0 Å². The zero-order chi connectivity index (χ0) is 30.6. The molecule has 0 saturated heterocycles. The number of carboxylic acids is 1. The Morgan fingerprint density at radius 3 is 1.95 bits per heavy atom. The molecule has 15 heteroatoms. The van der Waals surface area contributed by atoms with E-state index in [-0.39, 0.29) is 12.3 Å². The van der Waals surface area contributed by atoms with Crippen molar-refractivity contribution in [3.63, 3.8) is 0 Å². The average Bonchev–Trinajstić information content (AvgIpc) is 2.88. The van der Waals surface area contributed by atoms with Gasteiger partial charge in [-0.2, -0.15) is 0 Å². The Morgan fingerprint density at radius 2 is 1.45 bits per heavy atom. The molecule has 0 fully saturated rings. The fraction of sp³-hybridized carbons (Fsp3) is 0.560. The Balaban J connectivity index is 2.95. The Kier molecular flexibility index (Phi) is 14.2. The van der Waals surface area contributed by atoms with Crippen LogP contribution in [0.15, 0.2) is 30.3 Å². The molecule has 0 aliphatic carbocycles. The summed E-state index contributed by atoms with van der Waals surface area (Å²) in [6.07, 6.45) is -7.49. The first-order valence-corrected chi connectivity index (χ1v) is 12.5. The molecule has 1 rings (SSSR count). The predicted molar refractivity (Wildman–Crippen MR) is 140 cm³/mol. The van der Waals surface area contributed by atoms with Gasteiger partial charge in [0.25, 0.3) is 5.91 Å². The van der Waals surface area contributed by atoms with Gasteiger partial charge in [-0.05, 0) is 17.9 Å². The van der Waals surface area contributed by atoms with Crippen molar-refractivity contribution in [2.45, 2.75) is 75.6 Å². The van der Waals surface area contributed by atoms with Gasteiger partial charge >= 0.3 is 5.97 Å². The summed E-state index contributed by atoms with van der Waals surface area (Å²) in [5.74, 6) is -5.14. The van der Waals surface area contributed by atoms with Crippen molar-refractivity contribution in [3.05, 3.63) is 35.9 Å². The molecule has 1 aromatic carbocycles. The quantitative estimate of drug-likeness (QED) is 0.0883. The van der Waals surface area contributed by atoms with Crippen LogP contribution >= 0.6 is 0 Å². The third kappa shape index (κ3) is 11.2. The molecule has 0 heterocycles. The molecule has 0 saturated carbocycles.